The highest BCUT2D eigenvalue weighted by molar-refractivity contribution is 7.99. The van der Waals surface area contributed by atoms with Crippen LogP contribution in [0.15, 0.2) is 28.4 Å². The van der Waals surface area contributed by atoms with Gasteiger partial charge in [-0.25, -0.2) is 4.98 Å². The molecule has 4 nitrogen and oxygen atoms in total. The lowest BCUT2D eigenvalue weighted by Gasteiger charge is -2.07. The van der Waals surface area contributed by atoms with Crippen molar-refractivity contribution in [1.82, 2.24) is 20.1 Å². The summed E-state index contributed by atoms with van der Waals surface area (Å²) in [6.45, 7) is 8.07. The van der Waals surface area contributed by atoms with Gasteiger partial charge in [0.2, 0.25) is 0 Å². The second-order valence-electron chi connectivity index (χ2n) is 4.60. The standard InChI is InChI=1S/C14H20N4S/c1-5-15-8-12-6-10(2)14(16-9-12)19-13-7-11(3)17-18(13)4/h6-7,9,15H,5,8H2,1-4H3. The molecule has 0 saturated carbocycles. The summed E-state index contributed by atoms with van der Waals surface area (Å²) in [6.07, 6.45) is 1.95. The van der Waals surface area contributed by atoms with E-state index in [0.717, 1.165) is 28.8 Å². The van der Waals surface area contributed by atoms with Crippen molar-refractivity contribution in [2.24, 2.45) is 7.05 Å². The molecule has 0 aliphatic rings. The fourth-order valence-corrected chi connectivity index (χ4v) is 2.80. The summed E-state index contributed by atoms with van der Waals surface area (Å²) in [5, 5.41) is 9.83. The number of aryl methyl sites for hydroxylation is 3. The maximum Gasteiger partial charge on any atom is 0.105 e. The van der Waals surface area contributed by atoms with Crippen LogP contribution in [0.4, 0.5) is 0 Å². The zero-order valence-electron chi connectivity index (χ0n) is 11.9. The van der Waals surface area contributed by atoms with Crippen LogP contribution in [0.5, 0.6) is 0 Å². The van der Waals surface area contributed by atoms with Gasteiger partial charge in [-0.05, 0) is 37.6 Å². The van der Waals surface area contributed by atoms with Crippen molar-refractivity contribution >= 4 is 11.8 Å². The lowest BCUT2D eigenvalue weighted by Crippen LogP contribution is -2.12. The Hall–Kier alpha value is -1.33. The first-order valence-corrected chi connectivity index (χ1v) is 7.26. The lowest BCUT2D eigenvalue weighted by atomic mass is 10.2. The summed E-state index contributed by atoms with van der Waals surface area (Å²) in [7, 11) is 1.96. The van der Waals surface area contributed by atoms with Crippen molar-refractivity contribution in [3.63, 3.8) is 0 Å². The number of nitrogens with one attached hydrogen (secondary N) is 1. The van der Waals surface area contributed by atoms with Gasteiger partial charge in [-0.2, -0.15) is 5.10 Å². The molecule has 0 radical (unpaired) electrons. The van der Waals surface area contributed by atoms with Gasteiger partial charge in [-0.3, -0.25) is 4.68 Å². The van der Waals surface area contributed by atoms with Crippen molar-refractivity contribution in [2.45, 2.75) is 37.4 Å². The van der Waals surface area contributed by atoms with E-state index in [2.05, 4.69) is 41.4 Å². The van der Waals surface area contributed by atoms with Crippen LogP contribution in [0.25, 0.3) is 0 Å². The van der Waals surface area contributed by atoms with Gasteiger partial charge in [0.15, 0.2) is 0 Å². The Morgan fingerprint density at radius 2 is 2.11 bits per heavy atom. The van der Waals surface area contributed by atoms with Gasteiger partial charge in [-0.1, -0.05) is 24.8 Å². The molecule has 2 heterocycles. The summed E-state index contributed by atoms with van der Waals surface area (Å²) in [5.41, 5.74) is 3.47. The first-order chi connectivity index (χ1) is 9.10. The zero-order valence-corrected chi connectivity index (χ0v) is 12.7. The summed E-state index contributed by atoms with van der Waals surface area (Å²) >= 11 is 1.66. The Morgan fingerprint density at radius 3 is 2.68 bits per heavy atom. The van der Waals surface area contributed by atoms with E-state index in [1.165, 1.54) is 11.1 Å². The molecule has 0 aromatic carbocycles. The SMILES string of the molecule is CCNCc1cnc(Sc2cc(C)nn2C)c(C)c1. The van der Waals surface area contributed by atoms with Crippen molar-refractivity contribution in [2.75, 3.05) is 6.54 Å². The van der Waals surface area contributed by atoms with E-state index in [4.69, 9.17) is 0 Å². The molecular formula is C14H20N4S. The highest BCUT2D eigenvalue weighted by atomic mass is 32.2. The van der Waals surface area contributed by atoms with Gasteiger partial charge in [0.1, 0.15) is 10.1 Å². The normalized spacial score (nSPS) is 10.9. The Kier molecular flexibility index (Phi) is 4.61. The minimum atomic E-state index is 0.875. The molecule has 1 N–H and O–H groups in total. The van der Waals surface area contributed by atoms with Gasteiger partial charge >= 0.3 is 0 Å². The van der Waals surface area contributed by atoms with Gasteiger partial charge in [0, 0.05) is 19.8 Å². The molecule has 0 bridgehead atoms. The minimum Gasteiger partial charge on any atom is -0.313 e. The highest BCUT2D eigenvalue weighted by Crippen LogP contribution is 2.28. The minimum absolute atomic E-state index is 0.875. The van der Waals surface area contributed by atoms with Crippen LogP contribution in [0.2, 0.25) is 0 Å². The van der Waals surface area contributed by atoms with Crippen molar-refractivity contribution in [3.05, 3.63) is 35.2 Å². The number of nitrogens with zero attached hydrogens (tertiary/aromatic N) is 3. The molecule has 0 unspecified atom stereocenters. The lowest BCUT2D eigenvalue weighted by molar-refractivity contribution is 0.691. The first-order valence-electron chi connectivity index (χ1n) is 6.45. The molecule has 102 valence electrons. The fraction of sp³-hybridized carbons (Fsp3) is 0.429. The summed E-state index contributed by atoms with van der Waals surface area (Å²) < 4.78 is 1.90. The summed E-state index contributed by atoms with van der Waals surface area (Å²) in [4.78, 5) is 4.56. The third-order valence-corrected chi connectivity index (χ3v) is 4.04. The van der Waals surface area contributed by atoms with Crippen molar-refractivity contribution < 1.29 is 0 Å². The molecule has 0 atom stereocenters. The van der Waals surface area contributed by atoms with Crippen LogP contribution >= 0.6 is 11.8 Å². The van der Waals surface area contributed by atoms with Crippen molar-refractivity contribution in [1.29, 1.82) is 0 Å². The molecule has 19 heavy (non-hydrogen) atoms. The third kappa shape index (κ3) is 3.58. The Morgan fingerprint density at radius 1 is 1.32 bits per heavy atom. The second kappa shape index (κ2) is 6.21. The number of hydrogen-bond acceptors (Lipinski definition) is 4. The van der Waals surface area contributed by atoms with Gasteiger partial charge in [0.05, 0.1) is 5.69 Å². The second-order valence-corrected chi connectivity index (χ2v) is 5.60. The largest absolute Gasteiger partial charge is 0.313 e. The van der Waals surface area contributed by atoms with Crippen LogP contribution in [-0.2, 0) is 13.6 Å². The average Bonchev–Trinajstić information content (AvgIpc) is 2.68. The van der Waals surface area contributed by atoms with Crippen LogP contribution in [0.1, 0.15) is 23.7 Å². The maximum atomic E-state index is 4.56. The summed E-state index contributed by atoms with van der Waals surface area (Å²) in [6, 6.07) is 4.28. The molecule has 5 heteroatoms. The maximum absolute atomic E-state index is 4.56. The van der Waals surface area contributed by atoms with E-state index in [9.17, 15) is 0 Å². The Bertz CT molecular complexity index is 563. The molecular weight excluding hydrogens is 256 g/mol. The van der Waals surface area contributed by atoms with Crippen molar-refractivity contribution in [3.8, 4) is 0 Å². The molecule has 0 amide bonds. The van der Waals surface area contributed by atoms with Crippen LogP contribution in [0, 0.1) is 13.8 Å². The first kappa shape index (κ1) is 14.1. The number of pyridine rings is 1. The van der Waals surface area contributed by atoms with Crippen LogP contribution in [0.3, 0.4) is 0 Å². The predicted molar refractivity (Wildman–Crippen MR) is 78.4 cm³/mol. The van der Waals surface area contributed by atoms with E-state index >= 15 is 0 Å². The van der Waals surface area contributed by atoms with E-state index in [1.807, 2.05) is 24.9 Å². The molecule has 2 aromatic rings. The molecule has 2 aromatic heterocycles. The average molecular weight is 276 g/mol. The molecule has 2 rings (SSSR count). The molecule has 0 spiro atoms. The topological polar surface area (TPSA) is 42.7 Å². The molecule has 0 fully saturated rings. The fourth-order valence-electron chi connectivity index (χ4n) is 1.87. The summed E-state index contributed by atoms with van der Waals surface area (Å²) in [5.74, 6) is 0. The van der Waals surface area contributed by atoms with E-state index in [1.54, 1.807) is 11.8 Å². The Balaban J connectivity index is 2.15. The highest BCUT2D eigenvalue weighted by Gasteiger charge is 2.08. The van der Waals surface area contributed by atoms with Gasteiger partial charge in [-0.15, -0.1) is 0 Å². The van der Waals surface area contributed by atoms with E-state index < -0.39 is 0 Å². The van der Waals surface area contributed by atoms with Crippen LogP contribution in [-0.4, -0.2) is 21.3 Å². The molecule has 0 aliphatic heterocycles. The molecule has 0 aliphatic carbocycles. The van der Waals surface area contributed by atoms with Crippen LogP contribution < -0.4 is 5.32 Å². The zero-order chi connectivity index (χ0) is 13.8. The number of rotatable bonds is 5. The monoisotopic (exact) mass is 276 g/mol. The van der Waals surface area contributed by atoms with E-state index in [0.29, 0.717) is 0 Å². The smallest absolute Gasteiger partial charge is 0.105 e. The third-order valence-electron chi connectivity index (χ3n) is 2.83. The number of aromatic nitrogens is 3. The predicted octanol–water partition coefficient (Wildman–Crippen LogP) is 2.69. The van der Waals surface area contributed by atoms with Gasteiger partial charge in [0.25, 0.3) is 0 Å². The van der Waals surface area contributed by atoms with Gasteiger partial charge < -0.3 is 5.32 Å². The molecule has 0 saturated heterocycles. The Labute approximate surface area is 118 Å². The van der Waals surface area contributed by atoms with E-state index in [-0.39, 0.29) is 0 Å². The number of hydrogen-bond donors (Lipinski definition) is 1. The quantitative estimate of drug-likeness (QED) is 0.912.